The van der Waals surface area contributed by atoms with Crippen molar-refractivity contribution in [3.05, 3.63) is 0 Å². The number of carboxylic acid groups (broad SMARTS) is 5. The molecule has 0 amide bonds. The third-order valence-corrected chi connectivity index (χ3v) is 2.85. The molecular weight excluding hydrogens is 430 g/mol. The summed E-state index contributed by atoms with van der Waals surface area (Å²) in [7, 11) is 0. The molecule has 0 saturated heterocycles. The summed E-state index contributed by atoms with van der Waals surface area (Å²) in [6.45, 7) is 0. The number of hydrogen-bond acceptors (Lipinski definition) is 8. The summed E-state index contributed by atoms with van der Waals surface area (Å²) in [5.41, 5.74) is -6.24. The van der Waals surface area contributed by atoms with Crippen LogP contribution in [0.3, 0.4) is 0 Å². The van der Waals surface area contributed by atoms with Gasteiger partial charge in [0.15, 0.2) is 5.60 Å². The maximum absolute atomic E-state index is 11.7. The van der Waals surface area contributed by atoms with Crippen molar-refractivity contribution >= 4 is 94.9 Å². The van der Waals surface area contributed by atoms with E-state index in [2.05, 4.69) is 4.74 Å². The fourth-order valence-electron chi connectivity index (χ4n) is 1.77. The quantitative estimate of drug-likeness (QED) is 0.127. The van der Waals surface area contributed by atoms with Crippen LogP contribution in [0.25, 0.3) is 0 Å². The minimum atomic E-state index is -3.17. The van der Waals surface area contributed by atoms with Gasteiger partial charge >= 0.3 is 94.9 Å². The van der Waals surface area contributed by atoms with E-state index < -0.39 is 72.7 Å². The molecule has 0 aromatic heterocycles. The average Bonchev–Trinajstić information content (AvgIpc) is 2.34. The number of ether oxygens (including phenoxy) is 1. The summed E-state index contributed by atoms with van der Waals surface area (Å²) in [5, 5.41) is 53.5. The monoisotopic (exact) mass is 450 g/mol. The molecule has 17 heteroatoms. The van der Waals surface area contributed by atoms with Crippen molar-refractivity contribution in [2.24, 2.45) is 0 Å². The Morgan fingerprint density at radius 1 is 0.621 bits per heavy atom. The molecule has 0 radical (unpaired) electrons. The van der Waals surface area contributed by atoms with E-state index in [0.29, 0.717) is 0 Å². The van der Waals surface area contributed by atoms with E-state index in [9.17, 15) is 33.9 Å². The molecule has 1 atom stereocenters. The van der Waals surface area contributed by atoms with Gasteiger partial charge in [-0.15, -0.1) is 0 Å². The zero-order valence-electron chi connectivity index (χ0n) is 13.4. The zero-order valence-corrected chi connectivity index (χ0v) is 13.4. The summed E-state index contributed by atoms with van der Waals surface area (Å²) in [5.74, 6) is -11.6. The van der Waals surface area contributed by atoms with Crippen LogP contribution in [0, 0.1) is 0 Å². The van der Waals surface area contributed by atoms with Crippen LogP contribution in [0.15, 0.2) is 0 Å². The Hall–Kier alpha value is -1.30. The molecular formula is C12H20Na2O15. The van der Waals surface area contributed by atoms with Gasteiger partial charge in [0, 0.05) is 0 Å². The standard InChI is InChI=1S/C12H14O13.2Na.2H2O.2H/c13-5(14)1-11(24,9(20)21)4-8(19)25-12(10(22)23,2-6(15)16)3-7(17)18;;;;;;/h24H,1-4H2,(H,13,14)(H,15,16)(H,17,18)(H,20,21)(H,22,23);;;2*1H2;;. The summed E-state index contributed by atoms with van der Waals surface area (Å²) < 4.78 is 4.33. The van der Waals surface area contributed by atoms with Crippen LogP contribution in [0.5, 0.6) is 0 Å². The molecule has 0 spiro atoms. The molecule has 0 fully saturated rings. The Morgan fingerprint density at radius 3 is 1.21 bits per heavy atom. The van der Waals surface area contributed by atoms with Gasteiger partial charge in [0.2, 0.25) is 5.60 Å². The fourth-order valence-corrected chi connectivity index (χ4v) is 1.77. The second-order valence-electron chi connectivity index (χ2n) is 5.00. The summed E-state index contributed by atoms with van der Waals surface area (Å²) in [6, 6.07) is 0. The predicted octanol–water partition coefficient (Wildman–Crippen LogP) is -4.96. The molecule has 10 N–H and O–H groups in total. The van der Waals surface area contributed by atoms with Crippen LogP contribution in [0.2, 0.25) is 0 Å². The molecule has 0 heterocycles. The van der Waals surface area contributed by atoms with Crippen LogP contribution in [-0.2, 0) is 33.5 Å². The van der Waals surface area contributed by atoms with Crippen LogP contribution in [0.4, 0.5) is 0 Å². The minimum absolute atomic E-state index is 0. The van der Waals surface area contributed by atoms with Crippen molar-refractivity contribution in [2.45, 2.75) is 36.9 Å². The van der Waals surface area contributed by atoms with Gasteiger partial charge in [-0.25, -0.2) is 9.59 Å². The van der Waals surface area contributed by atoms with E-state index >= 15 is 0 Å². The van der Waals surface area contributed by atoms with E-state index in [0.717, 1.165) is 0 Å². The van der Waals surface area contributed by atoms with Crippen molar-refractivity contribution in [3.8, 4) is 0 Å². The van der Waals surface area contributed by atoms with E-state index in [1.54, 1.807) is 0 Å². The fraction of sp³-hybridized carbons (Fsp3) is 0.500. The van der Waals surface area contributed by atoms with Crippen molar-refractivity contribution in [1.29, 1.82) is 0 Å². The summed E-state index contributed by atoms with van der Waals surface area (Å²) in [6.07, 6.45) is -5.94. The van der Waals surface area contributed by atoms with Gasteiger partial charge in [0.05, 0.1) is 25.7 Å². The number of carboxylic acids is 5. The van der Waals surface area contributed by atoms with Gasteiger partial charge in [-0.05, 0) is 0 Å². The Bertz CT molecular complexity index is 602. The SMILES string of the molecule is O.O.O=C(O)CC(O)(CC(=O)OC(CC(=O)O)(CC(=O)O)C(=O)O)C(=O)O.[NaH].[NaH]. The number of esters is 1. The normalized spacial score (nSPS) is 11.5. The average molecular weight is 450 g/mol. The second kappa shape index (κ2) is 15.5. The topological polar surface area (TPSA) is 296 Å². The molecule has 15 nitrogen and oxygen atoms in total. The first-order valence-electron chi connectivity index (χ1n) is 6.30. The Morgan fingerprint density at radius 2 is 0.966 bits per heavy atom. The molecule has 0 saturated carbocycles. The Labute approximate surface area is 205 Å². The van der Waals surface area contributed by atoms with Gasteiger partial charge < -0.3 is 46.3 Å². The Kier molecular flexibility index (Phi) is 20.5. The Balaban J connectivity index is -0.000000480. The van der Waals surface area contributed by atoms with Crippen LogP contribution < -0.4 is 0 Å². The number of carbonyl (C=O) groups excluding carboxylic acids is 1. The van der Waals surface area contributed by atoms with Gasteiger partial charge in [-0.3, -0.25) is 19.2 Å². The van der Waals surface area contributed by atoms with Crippen molar-refractivity contribution < 1.29 is 75.1 Å². The molecule has 29 heavy (non-hydrogen) atoms. The zero-order chi connectivity index (χ0) is 20.0. The number of aliphatic hydroxyl groups is 1. The molecule has 0 bridgehead atoms. The second-order valence-corrected chi connectivity index (χ2v) is 5.00. The molecule has 1 unspecified atom stereocenters. The molecule has 0 aliphatic rings. The summed E-state index contributed by atoms with van der Waals surface area (Å²) in [4.78, 5) is 66.0. The molecule has 0 rings (SSSR count). The molecule has 0 aromatic carbocycles. The van der Waals surface area contributed by atoms with Crippen molar-refractivity contribution in [3.63, 3.8) is 0 Å². The van der Waals surface area contributed by atoms with E-state index in [1.165, 1.54) is 0 Å². The van der Waals surface area contributed by atoms with Gasteiger partial charge in [-0.2, -0.15) is 0 Å². The maximum atomic E-state index is 11.7. The third kappa shape index (κ3) is 12.8. The predicted molar refractivity (Wildman–Crippen MR) is 91.9 cm³/mol. The summed E-state index contributed by atoms with van der Waals surface area (Å²) >= 11 is 0. The molecule has 0 aliphatic carbocycles. The molecule has 0 aromatic rings. The first-order chi connectivity index (χ1) is 11.2. The van der Waals surface area contributed by atoms with Crippen molar-refractivity contribution in [1.82, 2.24) is 0 Å². The van der Waals surface area contributed by atoms with Crippen molar-refractivity contribution in [2.75, 3.05) is 0 Å². The number of rotatable bonds is 11. The van der Waals surface area contributed by atoms with E-state index in [-0.39, 0.29) is 70.1 Å². The first-order valence-corrected chi connectivity index (χ1v) is 6.30. The molecule has 160 valence electrons. The van der Waals surface area contributed by atoms with Crippen LogP contribution >= 0.6 is 0 Å². The van der Waals surface area contributed by atoms with E-state index in [4.69, 9.17) is 25.5 Å². The van der Waals surface area contributed by atoms with Crippen LogP contribution in [-0.4, -0.2) is 148 Å². The van der Waals surface area contributed by atoms with Gasteiger partial charge in [-0.1, -0.05) is 0 Å². The molecule has 0 aliphatic heterocycles. The first kappa shape index (κ1) is 38.3. The number of hydrogen-bond donors (Lipinski definition) is 6. The third-order valence-electron chi connectivity index (χ3n) is 2.85. The van der Waals surface area contributed by atoms with E-state index in [1.807, 2.05) is 0 Å². The number of carbonyl (C=O) groups is 6. The van der Waals surface area contributed by atoms with Gasteiger partial charge in [0.25, 0.3) is 0 Å². The number of aliphatic carboxylic acids is 5. The van der Waals surface area contributed by atoms with Crippen LogP contribution in [0.1, 0.15) is 25.7 Å². The van der Waals surface area contributed by atoms with Gasteiger partial charge in [0.1, 0.15) is 0 Å².